The molecule has 0 aliphatic heterocycles. The molecule has 0 unspecified atom stereocenters. The van der Waals surface area contributed by atoms with Crippen LogP contribution in [-0.2, 0) is 16.9 Å². The van der Waals surface area contributed by atoms with Gasteiger partial charge in [0, 0.05) is 13.3 Å². The number of nitrogens with zero attached hydrogens (tertiary/aromatic N) is 3. The lowest BCUT2D eigenvalue weighted by Crippen LogP contribution is -2.18. The molecule has 0 aliphatic rings. The minimum absolute atomic E-state index is 0.162. The van der Waals surface area contributed by atoms with Crippen molar-refractivity contribution in [2.24, 2.45) is 7.05 Å². The van der Waals surface area contributed by atoms with Crippen molar-refractivity contribution in [1.82, 2.24) is 15.0 Å². The predicted octanol–water partition coefficient (Wildman–Crippen LogP) is -0.195. The van der Waals surface area contributed by atoms with E-state index in [4.69, 9.17) is 0 Å². The number of hydrogen-bond acceptors (Lipinski definition) is 5. The summed E-state index contributed by atoms with van der Waals surface area (Å²) < 4.78 is 23.2. The van der Waals surface area contributed by atoms with Crippen LogP contribution >= 0.6 is 15.9 Å². The Morgan fingerprint density at radius 2 is 2.14 bits per heavy atom. The van der Waals surface area contributed by atoms with E-state index in [2.05, 4.69) is 26.2 Å². The van der Waals surface area contributed by atoms with Crippen LogP contribution in [0.25, 0.3) is 0 Å². The molecule has 1 aromatic heterocycles. The van der Waals surface area contributed by atoms with Crippen molar-refractivity contribution in [2.75, 3.05) is 12.0 Å². The molecule has 0 spiro atoms. The number of halogens is 1. The summed E-state index contributed by atoms with van der Waals surface area (Å²) >= 11 is 3.02. The van der Waals surface area contributed by atoms with Gasteiger partial charge >= 0.3 is 0 Å². The maximum Gasteiger partial charge on any atom is 0.198 e. The number of aryl methyl sites for hydroxylation is 1. The minimum atomic E-state index is -3.32. The van der Waals surface area contributed by atoms with E-state index < -0.39 is 21.4 Å². The molecule has 1 rings (SSSR count). The fourth-order valence-electron chi connectivity index (χ4n) is 0.934. The summed E-state index contributed by atoms with van der Waals surface area (Å²) in [5.41, 5.74) is 0.162. The van der Waals surface area contributed by atoms with Gasteiger partial charge in [0.15, 0.2) is 20.2 Å². The van der Waals surface area contributed by atoms with Crippen LogP contribution in [0.1, 0.15) is 10.5 Å². The van der Waals surface area contributed by atoms with Gasteiger partial charge in [0.05, 0.1) is 0 Å². The zero-order valence-electron chi connectivity index (χ0n) is 7.56. The molecule has 0 saturated carbocycles. The van der Waals surface area contributed by atoms with E-state index in [9.17, 15) is 13.2 Å². The molecule has 78 valence electrons. The quantitative estimate of drug-likeness (QED) is 0.717. The summed E-state index contributed by atoms with van der Waals surface area (Å²) in [6.07, 6.45) is 1.00. The van der Waals surface area contributed by atoms with Gasteiger partial charge in [0.2, 0.25) is 0 Å². The Balaban J connectivity index is 3.02. The molecule has 0 aliphatic carbocycles. The van der Waals surface area contributed by atoms with Crippen molar-refractivity contribution >= 4 is 31.6 Å². The van der Waals surface area contributed by atoms with Crippen LogP contribution in [0.2, 0.25) is 0 Å². The van der Waals surface area contributed by atoms with Crippen molar-refractivity contribution in [3.63, 3.8) is 0 Å². The zero-order valence-corrected chi connectivity index (χ0v) is 9.96. The van der Waals surface area contributed by atoms with Crippen molar-refractivity contribution < 1.29 is 13.2 Å². The van der Waals surface area contributed by atoms with Crippen LogP contribution in [0.3, 0.4) is 0 Å². The molecule has 0 amide bonds. The first-order valence-corrected chi connectivity index (χ1v) is 6.42. The summed E-state index contributed by atoms with van der Waals surface area (Å²) in [6.45, 7) is 0. The number of ketones is 1. The molecular weight excluding hydrogens is 274 g/mol. The van der Waals surface area contributed by atoms with Gasteiger partial charge in [-0.15, -0.1) is 5.10 Å². The summed E-state index contributed by atoms with van der Waals surface area (Å²) in [4.78, 5) is 11.5. The smallest absolute Gasteiger partial charge is 0.198 e. The molecule has 0 N–H and O–H groups in total. The number of Topliss-reactive ketones (excluding diaryl/α,β-unsaturated/α-hetero) is 1. The molecular formula is C6H8BrN3O3S. The molecule has 0 fully saturated rings. The van der Waals surface area contributed by atoms with Crippen LogP contribution in [0, 0.1) is 0 Å². The Kier molecular flexibility index (Phi) is 3.05. The number of sulfone groups is 1. The van der Waals surface area contributed by atoms with E-state index in [0.717, 1.165) is 6.26 Å². The summed E-state index contributed by atoms with van der Waals surface area (Å²) in [7, 11) is -1.80. The summed E-state index contributed by atoms with van der Waals surface area (Å²) in [5, 5.41) is 7.15. The second kappa shape index (κ2) is 3.77. The van der Waals surface area contributed by atoms with Crippen molar-refractivity contribution in [1.29, 1.82) is 0 Å². The molecule has 0 aromatic carbocycles. The number of carbonyl (C=O) groups is 1. The molecule has 1 aromatic rings. The molecule has 1 heterocycles. The van der Waals surface area contributed by atoms with E-state index in [0.29, 0.717) is 0 Å². The highest BCUT2D eigenvalue weighted by Gasteiger charge is 2.20. The Bertz CT molecular complexity index is 445. The largest absolute Gasteiger partial charge is 0.291 e. The van der Waals surface area contributed by atoms with Crippen LogP contribution in [0.4, 0.5) is 0 Å². The normalized spacial score (nSPS) is 11.6. The zero-order chi connectivity index (χ0) is 10.9. The average molecular weight is 282 g/mol. The second-order valence-electron chi connectivity index (χ2n) is 2.85. The highest BCUT2D eigenvalue weighted by Crippen LogP contribution is 2.12. The Morgan fingerprint density at radius 1 is 1.57 bits per heavy atom. The van der Waals surface area contributed by atoms with Gasteiger partial charge in [-0.3, -0.25) is 4.79 Å². The number of aromatic nitrogens is 3. The van der Waals surface area contributed by atoms with E-state index in [1.54, 1.807) is 0 Å². The van der Waals surface area contributed by atoms with Gasteiger partial charge in [-0.25, -0.2) is 13.1 Å². The lowest BCUT2D eigenvalue weighted by Gasteiger charge is -1.98. The van der Waals surface area contributed by atoms with Crippen molar-refractivity contribution in [2.45, 2.75) is 0 Å². The monoisotopic (exact) mass is 281 g/mol. The highest BCUT2D eigenvalue weighted by atomic mass is 79.9. The first-order valence-electron chi connectivity index (χ1n) is 3.57. The topological polar surface area (TPSA) is 81.9 Å². The van der Waals surface area contributed by atoms with E-state index in [-0.39, 0.29) is 10.3 Å². The number of rotatable bonds is 3. The van der Waals surface area contributed by atoms with E-state index >= 15 is 0 Å². The molecule has 0 saturated heterocycles. The summed E-state index contributed by atoms with van der Waals surface area (Å²) in [6, 6.07) is 0. The second-order valence-corrected chi connectivity index (χ2v) is 5.74. The fraction of sp³-hybridized carbons (Fsp3) is 0.500. The third kappa shape index (κ3) is 2.61. The molecule has 8 heteroatoms. The maximum absolute atomic E-state index is 11.5. The van der Waals surface area contributed by atoms with Crippen molar-refractivity contribution in [3.8, 4) is 0 Å². The average Bonchev–Trinajstić information content (AvgIpc) is 2.27. The predicted molar refractivity (Wildman–Crippen MR) is 52.7 cm³/mol. The minimum Gasteiger partial charge on any atom is -0.291 e. The third-order valence-electron chi connectivity index (χ3n) is 1.44. The standard InChI is InChI=1S/C6H8BrN3O3S/c1-10-5(6(7)8-9-10)4(11)3-14(2,12)13/h3H2,1-2H3. The maximum atomic E-state index is 11.5. The lowest BCUT2D eigenvalue weighted by molar-refractivity contribution is 0.101. The lowest BCUT2D eigenvalue weighted by atomic mass is 10.3. The Morgan fingerprint density at radius 3 is 2.50 bits per heavy atom. The van der Waals surface area contributed by atoms with Gasteiger partial charge in [0.25, 0.3) is 0 Å². The van der Waals surface area contributed by atoms with Crippen molar-refractivity contribution in [3.05, 3.63) is 10.3 Å². The highest BCUT2D eigenvalue weighted by molar-refractivity contribution is 9.10. The first-order chi connectivity index (χ1) is 6.31. The van der Waals surface area contributed by atoms with Crippen LogP contribution in [0.15, 0.2) is 4.60 Å². The molecule has 0 radical (unpaired) electrons. The molecule has 14 heavy (non-hydrogen) atoms. The Labute approximate surface area is 89.3 Å². The van der Waals surface area contributed by atoms with Gasteiger partial charge in [-0.1, -0.05) is 5.21 Å². The first kappa shape index (κ1) is 11.3. The van der Waals surface area contributed by atoms with Gasteiger partial charge in [-0.2, -0.15) is 0 Å². The van der Waals surface area contributed by atoms with Gasteiger partial charge in [0.1, 0.15) is 11.4 Å². The Hall–Kier alpha value is -0.760. The number of hydrogen-bond donors (Lipinski definition) is 0. The fourth-order valence-corrected chi connectivity index (χ4v) is 2.10. The molecule has 6 nitrogen and oxygen atoms in total. The van der Waals surface area contributed by atoms with Gasteiger partial charge < -0.3 is 0 Å². The van der Waals surface area contributed by atoms with Crippen LogP contribution in [-0.4, -0.2) is 41.2 Å². The SMILES string of the molecule is Cn1nnc(Br)c1C(=O)CS(C)(=O)=O. The molecule has 0 bridgehead atoms. The molecule has 0 atom stereocenters. The van der Waals surface area contributed by atoms with Crippen LogP contribution < -0.4 is 0 Å². The van der Waals surface area contributed by atoms with E-state index in [1.807, 2.05) is 0 Å². The van der Waals surface area contributed by atoms with E-state index in [1.165, 1.54) is 11.7 Å². The number of carbonyl (C=O) groups excluding carboxylic acids is 1. The summed E-state index contributed by atoms with van der Waals surface area (Å²) in [5.74, 6) is -1.06. The van der Waals surface area contributed by atoms with Crippen LogP contribution in [0.5, 0.6) is 0 Å². The third-order valence-corrected chi connectivity index (χ3v) is 2.76. The van der Waals surface area contributed by atoms with Gasteiger partial charge in [-0.05, 0) is 15.9 Å².